The van der Waals surface area contributed by atoms with Gasteiger partial charge in [-0.1, -0.05) is 147 Å². The highest BCUT2D eigenvalue weighted by Gasteiger charge is 2.23. The average Bonchev–Trinajstić information content (AvgIpc) is 3.60. The lowest BCUT2D eigenvalue weighted by Crippen LogP contribution is -2.11. The van der Waals surface area contributed by atoms with E-state index in [1.54, 1.807) is 0 Å². The second-order valence-corrected chi connectivity index (χ2v) is 15.4. The van der Waals surface area contributed by atoms with Gasteiger partial charge in [0, 0.05) is 37.1 Å². The lowest BCUT2D eigenvalue weighted by atomic mass is 9.80. The first-order valence-corrected chi connectivity index (χ1v) is 19.5. The van der Waals surface area contributed by atoms with Crippen LogP contribution in [0.25, 0.3) is 64.0 Å². The highest BCUT2D eigenvalue weighted by Crippen LogP contribution is 2.47. The van der Waals surface area contributed by atoms with Gasteiger partial charge < -0.3 is 4.90 Å². The largest absolute Gasteiger partial charge is 0.310 e. The van der Waals surface area contributed by atoms with Crippen molar-refractivity contribution >= 4 is 70.1 Å². The van der Waals surface area contributed by atoms with Crippen molar-refractivity contribution in [3.05, 3.63) is 175 Å². The minimum absolute atomic E-state index is 0.606. The summed E-state index contributed by atoms with van der Waals surface area (Å²) < 4.78 is 2.65. The number of anilines is 3. The van der Waals surface area contributed by atoms with Crippen LogP contribution in [0.4, 0.5) is 17.1 Å². The van der Waals surface area contributed by atoms with Gasteiger partial charge in [0.2, 0.25) is 0 Å². The summed E-state index contributed by atoms with van der Waals surface area (Å²) in [6.45, 7) is 0. The molecule has 0 saturated heterocycles. The standard InChI is InChI=1S/C50H39NS/c1-2-15-35(16-3-1)41-24-11-18-36-19-12-26-44(49(36)41)43-22-6-8-27-46(43)51(40-31-30-34-14-4-5-17-37(34)32-40)39-21-10-20-38(33-39)42-25-13-29-48-50(42)45-23-7-9-28-47(45)52-48/h4-14,17-33,35H,1-3,15-16H2. The summed E-state index contributed by atoms with van der Waals surface area (Å²) in [7, 11) is 0. The molecule has 8 aromatic carbocycles. The molecule has 1 aliphatic rings. The van der Waals surface area contributed by atoms with Gasteiger partial charge in [-0.05, 0) is 105 Å². The lowest BCUT2D eigenvalue weighted by Gasteiger charge is -2.29. The van der Waals surface area contributed by atoms with Crippen LogP contribution in [0.1, 0.15) is 43.6 Å². The fraction of sp³-hybridized carbons (Fsp3) is 0.120. The first-order valence-electron chi connectivity index (χ1n) is 18.7. The van der Waals surface area contributed by atoms with Crippen molar-refractivity contribution in [2.45, 2.75) is 38.0 Å². The molecule has 1 aromatic heterocycles. The normalized spacial score (nSPS) is 13.7. The third kappa shape index (κ3) is 5.38. The van der Waals surface area contributed by atoms with Gasteiger partial charge in [0.25, 0.3) is 0 Å². The van der Waals surface area contributed by atoms with E-state index in [4.69, 9.17) is 0 Å². The first kappa shape index (κ1) is 31.1. The molecule has 1 aliphatic carbocycles. The summed E-state index contributed by atoms with van der Waals surface area (Å²) >= 11 is 1.88. The summed E-state index contributed by atoms with van der Waals surface area (Å²) in [6.07, 6.45) is 6.55. The van der Waals surface area contributed by atoms with Crippen molar-refractivity contribution in [2.75, 3.05) is 4.90 Å². The van der Waals surface area contributed by atoms with Gasteiger partial charge in [0.15, 0.2) is 0 Å². The Bertz CT molecular complexity index is 2740. The van der Waals surface area contributed by atoms with Gasteiger partial charge in [-0.2, -0.15) is 0 Å². The SMILES string of the molecule is c1cc(-c2cccc3sc4ccccc4c23)cc(N(c2ccc3ccccc3c2)c2ccccc2-c2cccc3cccc(C4CCCCC4)c23)c1. The highest BCUT2D eigenvalue weighted by molar-refractivity contribution is 7.25. The Morgan fingerprint density at radius 1 is 0.442 bits per heavy atom. The van der Waals surface area contributed by atoms with Crippen LogP contribution in [0, 0.1) is 0 Å². The van der Waals surface area contributed by atoms with Gasteiger partial charge in [-0.15, -0.1) is 11.3 Å². The van der Waals surface area contributed by atoms with Crippen LogP contribution < -0.4 is 4.90 Å². The van der Waals surface area contributed by atoms with Crippen LogP contribution in [-0.2, 0) is 0 Å². The van der Waals surface area contributed by atoms with E-state index in [0.717, 1.165) is 11.4 Å². The summed E-state index contributed by atoms with van der Waals surface area (Å²) in [4.78, 5) is 2.49. The number of nitrogens with zero attached hydrogens (tertiary/aromatic N) is 1. The molecule has 10 rings (SSSR count). The van der Waals surface area contributed by atoms with Crippen LogP contribution in [0.5, 0.6) is 0 Å². The van der Waals surface area contributed by atoms with Gasteiger partial charge in [-0.25, -0.2) is 0 Å². The third-order valence-electron chi connectivity index (χ3n) is 11.2. The topological polar surface area (TPSA) is 3.24 Å². The average molecular weight is 686 g/mol. The van der Waals surface area contributed by atoms with E-state index < -0.39 is 0 Å². The van der Waals surface area contributed by atoms with E-state index in [1.807, 2.05) is 11.3 Å². The molecule has 1 nitrogen and oxygen atoms in total. The monoisotopic (exact) mass is 685 g/mol. The Kier molecular flexibility index (Phi) is 7.84. The van der Waals surface area contributed by atoms with E-state index in [0.29, 0.717) is 5.92 Å². The zero-order valence-electron chi connectivity index (χ0n) is 29.1. The molecule has 250 valence electrons. The maximum absolute atomic E-state index is 2.49. The predicted molar refractivity (Wildman–Crippen MR) is 226 cm³/mol. The van der Waals surface area contributed by atoms with Crippen molar-refractivity contribution in [1.29, 1.82) is 0 Å². The summed E-state index contributed by atoms with van der Waals surface area (Å²) in [5.41, 5.74) is 10.0. The highest BCUT2D eigenvalue weighted by atomic mass is 32.1. The Balaban J connectivity index is 1.20. The van der Waals surface area contributed by atoms with E-state index in [9.17, 15) is 0 Å². The molecule has 9 aromatic rings. The maximum Gasteiger partial charge on any atom is 0.0540 e. The lowest BCUT2D eigenvalue weighted by molar-refractivity contribution is 0.445. The number of thiophene rings is 1. The van der Waals surface area contributed by atoms with Crippen LogP contribution in [0.3, 0.4) is 0 Å². The first-order chi connectivity index (χ1) is 25.8. The fourth-order valence-electron chi connectivity index (χ4n) is 8.82. The van der Waals surface area contributed by atoms with Crippen molar-refractivity contribution < 1.29 is 0 Å². The zero-order valence-corrected chi connectivity index (χ0v) is 30.0. The second-order valence-electron chi connectivity index (χ2n) is 14.3. The van der Waals surface area contributed by atoms with E-state index in [-0.39, 0.29) is 0 Å². The molecule has 2 heteroatoms. The molecule has 0 atom stereocenters. The molecule has 0 bridgehead atoms. The molecule has 52 heavy (non-hydrogen) atoms. The molecule has 0 radical (unpaired) electrons. The summed E-state index contributed by atoms with van der Waals surface area (Å²) in [6, 6.07) is 63.2. The summed E-state index contributed by atoms with van der Waals surface area (Å²) in [5.74, 6) is 0.606. The van der Waals surface area contributed by atoms with Gasteiger partial charge in [0.1, 0.15) is 0 Å². The number of fused-ring (bicyclic) bond motifs is 5. The quantitative estimate of drug-likeness (QED) is 0.168. The number of rotatable bonds is 6. The molecule has 0 spiro atoms. The van der Waals surface area contributed by atoms with Crippen LogP contribution in [-0.4, -0.2) is 0 Å². The Morgan fingerprint density at radius 3 is 2.04 bits per heavy atom. The Morgan fingerprint density at radius 2 is 1.12 bits per heavy atom. The van der Waals surface area contributed by atoms with E-state index >= 15 is 0 Å². The molecule has 1 saturated carbocycles. The molecule has 0 aliphatic heterocycles. The Hall–Kier alpha value is -5.70. The molecular formula is C50H39NS. The number of benzene rings is 8. The molecule has 0 amide bonds. The van der Waals surface area contributed by atoms with Crippen molar-refractivity contribution in [3.63, 3.8) is 0 Å². The molecular weight excluding hydrogens is 647 g/mol. The minimum atomic E-state index is 0.606. The predicted octanol–water partition coefficient (Wildman–Crippen LogP) is 15.2. The third-order valence-corrected chi connectivity index (χ3v) is 12.4. The van der Waals surface area contributed by atoms with Crippen molar-refractivity contribution in [2.24, 2.45) is 0 Å². The van der Waals surface area contributed by atoms with Crippen LogP contribution >= 0.6 is 11.3 Å². The molecule has 1 fully saturated rings. The maximum atomic E-state index is 2.49. The van der Waals surface area contributed by atoms with Crippen molar-refractivity contribution in [3.8, 4) is 22.3 Å². The number of hydrogen-bond donors (Lipinski definition) is 0. The minimum Gasteiger partial charge on any atom is -0.310 e. The van der Waals surface area contributed by atoms with Gasteiger partial charge in [0.05, 0.1) is 5.69 Å². The molecule has 0 unspecified atom stereocenters. The smallest absolute Gasteiger partial charge is 0.0540 e. The van der Waals surface area contributed by atoms with Crippen LogP contribution in [0.2, 0.25) is 0 Å². The molecule has 0 N–H and O–H groups in total. The van der Waals surface area contributed by atoms with Crippen LogP contribution in [0.15, 0.2) is 170 Å². The Labute approximate surface area is 309 Å². The van der Waals surface area contributed by atoms with E-state index in [2.05, 4.69) is 175 Å². The number of para-hydroxylation sites is 1. The number of hydrogen-bond acceptors (Lipinski definition) is 2. The van der Waals surface area contributed by atoms with Gasteiger partial charge in [-0.3, -0.25) is 0 Å². The fourth-order valence-corrected chi connectivity index (χ4v) is 9.95. The summed E-state index contributed by atoms with van der Waals surface area (Å²) in [5, 5.41) is 7.88. The zero-order chi connectivity index (χ0) is 34.4. The second kappa shape index (κ2) is 13.1. The molecule has 1 heterocycles. The van der Waals surface area contributed by atoms with Gasteiger partial charge >= 0.3 is 0 Å². The van der Waals surface area contributed by atoms with Crippen molar-refractivity contribution in [1.82, 2.24) is 0 Å². The van der Waals surface area contributed by atoms with E-state index in [1.165, 1.54) is 107 Å².